The molecule has 0 aromatic heterocycles. The molecule has 0 N–H and O–H groups in total. The third-order valence-corrected chi connectivity index (χ3v) is 6.12. The maximum Gasteiger partial charge on any atom is 0.307 e. The van der Waals surface area contributed by atoms with Gasteiger partial charge < -0.3 is 14.4 Å². The Morgan fingerprint density at radius 1 is 1.23 bits per heavy atom. The Hall–Kier alpha value is -2.04. The molecule has 0 bridgehead atoms. The van der Waals surface area contributed by atoms with E-state index in [0.29, 0.717) is 13.1 Å². The molecule has 1 aromatic carbocycles. The number of hydrogen-bond acceptors (Lipinski definition) is 4. The molecule has 1 aliphatic carbocycles. The minimum absolute atomic E-state index is 0.103. The molecule has 5 heteroatoms. The monoisotopic (exact) mass is 357 g/mol. The normalized spacial score (nSPS) is 25.5. The van der Waals surface area contributed by atoms with Crippen LogP contribution in [0.2, 0.25) is 0 Å². The van der Waals surface area contributed by atoms with Gasteiger partial charge in [0.2, 0.25) is 5.91 Å². The summed E-state index contributed by atoms with van der Waals surface area (Å²) in [6.07, 6.45) is 5.81. The molecule has 1 saturated carbocycles. The van der Waals surface area contributed by atoms with Crippen molar-refractivity contribution in [3.05, 3.63) is 29.8 Å². The van der Waals surface area contributed by atoms with Crippen molar-refractivity contribution in [2.75, 3.05) is 13.1 Å². The van der Waals surface area contributed by atoms with Crippen molar-refractivity contribution in [2.24, 2.45) is 5.92 Å². The lowest BCUT2D eigenvalue weighted by Gasteiger charge is -2.36. The van der Waals surface area contributed by atoms with Gasteiger partial charge in [-0.25, -0.2) is 0 Å². The number of esters is 1. The van der Waals surface area contributed by atoms with Crippen molar-refractivity contribution in [1.82, 2.24) is 4.90 Å². The highest BCUT2D eigenvalue weighted by atomic mass is 16.6. The molecule has 140 valence electrons. The standard InChI is InChI=1S/C21H27NO4/c1-15-5-4-6-17(13-15)25-16-7-11-22(12-8-16)20(24)18-14-19(23)26-21(18)9-2-3-10-21/h4-6,13,16,18H,2-3,7-12,14H2,1H3. The summed E-state index contributed by atoms with van der Waals surface area (Å²) in [5.41, 5.74) is 0.672. The zero-order valence-corrected chi connectivity index (χ0v) is 15.4. The fraction of sp³-hybridized carbons (Fsp3) is 0.619. The van der Waals surface area contributed by atoms with Crippen molar-refractivity contribution in [3.63, 3.8) is 0 Å². The number of benzene rings is 1. The van der Waals surface area contributed by atoms with Gasteiger partial charge in [0.05, 0.1) is 12.3 Å². The number of amides is 1. The molecule has 1 amide bonds. The van der Waals surface area contributed by atoms with Crippen LogP contribution in [0.1, 0.15) is 50.5 Å². The predicted molar refractivity (Wildman–Crippen MR) is 96.8 cm³/mol. The second kappa shape index (κ2) is 6.93. The summed E-state index contributed by atoms with van der Waals surface area (Å²) in [5.74, 6) is 0.510. The zero-order chi connectivity index (χ0) is 18.1. The third kappa shape index (κ3) is 3.31. The maximum atomic E-state index is 13.1. The van der Waals surface area contributed by atoms with E-state index >= 15 is 0 Å². The molecule has 4 rings (SSSR count). The largest absolute Gasteiger partial charge is 0.490 e. The van der Waals surface area contributed by atoms with Crippen molar-refractivity contribution in [1.29, 1.82) is 0 Å². The van der Waals surface area contributed by atoms with E-state index < -0.39 is 5.60 Å². The van der Waals surface area contributed by atoms with Gasteiger partial charge in [0.25, 0.3) is 0 Å². The van der Waals surface area contributed by atoms with Crippen LogP contribution < -0.4 is 4.74 Å². The molecular weight excluding hydrogens is 330 g/mol. The molecule has 2 heterocycles. The maximum absolute atomic E-state index is 13.1. The molecule has 1 unspecified atom stereocenters. The van der Waals surface area contributed by atoms with Crippen LogP contribution >= 0.6 is 0 Å². The highest BCUT2D eigenvalue weighted by Gasteiger charge is 2.54. The molecule has 5 nitrogen and oxygen atoms in total. The number of hydrogen-bond donors (Lipinski definition) is 0. The Morgan fingerprint density at radius 2 is 1.96 bits per heavy atom. The van der Waals surface area contributed by atoms with Crippen LogP contribution in [0.3, 0.4) is 0 Å². The van der Waals surface area contributed by atoms with Crippen molar-refractivity contribution >= 4 is 11.9 Å². The summed E-state index contributed by atoms with van der Waals surface area (Å²) in [6.45, 7) is 3.43. The van der Waals surface area contributed by atoms with Gasteiger partial charge in [-0.2, -0.15) is 0 Å². The summed E-state index contributed by atoms with van der Waals surface area (Å²) < 4.78 is 11.7. The van der Waals surface area contributed by atoms with Crippen LogP contribution in [-0.2, 0) is 14.3 Å². The Balaban J connectivity index is 1.35. The smallest absolute Gasteiger partial charge is 0.307 e. The average molecular weight is 357 g/mol. The summed E-state index contributed by atoms with van der Waals surface area (Å²) in [7, 11) is 0. The van der Waals surface area contributed by atoms with Gasteiger partial charge in [-0.15, -0.1) is 0 Å². The third-order valence-electron chi connectivity index (χ3n) is 6.12. The van der Waals surface area contributed by atoms with Crippen LogP contribution in [0.15, 0.2) is 24.3 Å². The highest BCUT2D eigenvalue weighted by molar-refractivity contribution is 5.88. The number of rotatable bonds is 3. The fourth-order valence-corrected chi connectivity index (χ4v) is 4.72. The number of nitrogens with zero attached hydrogens (tertiary/aromatic N) is 1. The lowest BCUT2D eigenvalue weighted by atomic mass is 9.84. The van der Waals surface area contributed by atoms with E-state index in [4.69, 9.17) is 9.47 Å². The highest BCUT2D eigenvalue weighted by Crippen LogP contribution is 2.46. The zero-order valence-electron chi connectivity index (χ0n) is 15.4. The van der Waals surface area contributed by atoms with E-state index in [0.717, 1.165) is 44.3 Å². The lowest BCUT2D eigenvalue weighted by molar-refractivity contribution is -0.152. The minimum Gasteiger partial charge on any atom is -0.490 e. The van der Waals surface area contributed by atoms with Crippen molar-refractivity contribution in [3.8, 4) is 5.75 Å². The topological polar surface area (TPSA) is 55.8 Å². The van der Waals surface area contributed by atoms with Gasteiger partial charge in [0.1, 0.15) is 17.5 Å². The van der Waals surface area contributed by atoms with E-state index in [9.17, 15) is 9.59 Å². The molecule has 1 atom stereocenters. The Bertz CT molecular complexity index is 687. The Morgan fingerprint density at radius 3 is 2.65 bits per heavy atom. The fourth-order valence-electron chi connectivity index (χ4n) is 4.72. The number of carbonyl (C=O) groups is 2. The number of aryl methyl sites for hydroxylation is 1. The summed E-state index contributed by atoms with van der Waals surface area (Å²) in [5, 5.41) is 0. The van der Waals surface area contributed by atoms with E-state index in [1.54, 1.807) is 0 Å². The number of ether oxygens (including phenoxy) is 2. The van der Waals surface area contributed by atoms with Gasteiger partial charge in [-0.3, -0.25) is 9.59 Å². The first kappa shape index (κ1) is 17.4. The van der Waals surface area contributed by atoms with E-state index in [1.807, 2.05) is 23.1 Å². The molecule has 2 aliphatic heterocycles. The van der Waals surface area contributed by atoms with Crippen LogP contribution in [0.4, 0.5) is 0 Å². The van der Waals surface area contributed by atoms with E-state index in [-0.39, 0.29) is 30.3 Å². The lowest BCUT2D eigenvalue weighted by Crippen LogP contribution is -2.48. The summed E-state index contributed by atoms with van der Waals surface area (Å²) >= 11 is 0. The second-order valence-electron chi connectivity index (χ2n) is 7.96. The molecule has 2 saturated heterocycles. The van der Waals surface area contributed by atoms with Crippen LogP contribution in [0.5, 0.6) is 5.75 Å². The SMILES string of the molecule is Cc1cccc(OC2CCN(C(=O)C3CC(=O)OC34CCCC4)CC2)c1. The first-order valence-corrected chi connectivity index (χ1v) is 9.80. The Kier molecular flexibility index (Phi) is 4.63. The first-order chi connectivity index (χ1) is 12.6. The first-order valence-electron chi connectivity index (χ1n) is 9.80. The molecule has 3 aliphatic rings. The summed E-state index contributed by atoms with van der Waals surface area (Å²) in [4.78, 5) is 26.9. The van der Waals surface area contributed by atoms with Gasteiger partial charge in [-0.1, -0.05) is 12.1 Å². The van der Waals surface area contributed by atoms with E-state index in [2.05, 4.69) is 13.0 Å². The number of piperidine rings is 1. The Labute approximate surface area is 154 Å². The van der Waals surface area contributed by atoms with Gasteiger partial charge in [-0.05, 0) is 50.3 Å². The minimum atomic E-state index is -0.511. The summed E-state index contributed by atoms with van der Waals surface area (Å²) in [6, 6.07) is 8.08. The molecule has 26 heavy (non-hydrogen) atoms. The molecule has 1 aromatic rings. The van der Waals surface area contributed by atoms with Gasteiger partial charge in [0.15, 0.2) is 0 Å². The quantitative estimate of drug-likeness (QED) is 0.780. The molecular formula is C21H27NO4. The van der Waals surface area contributed by atoms with Gasteiger partial charge in [0, 0.05) is 25.9 Å². The number of likely N-dealkylation sites (tertiary alicyclic amines) is 1. The molecule has 1 spiro atoms. The van der Waals surface area contributed by atoms with Crippen LogP contribution in [0.25, 0.3) is 0 Å². The molecule has 3 fully saturated rings. The van der Waals surface area contributed by atoms with Crippen LogP contribution in [0, 0.1) is 12.8 Å². The average Bonchev–Trinajstić information content (AvgIpc) is 3.22. The van der Waals surface area contributed by atoms with Crippen molar-refractivity contribution in [2.45, 2.75) is 63.6 Å². The van der Waals surface area contributed by atoms with Crippen molar-refractivity contribution < 1.29 is 19.1 Å². The predicted octanol–water partition coefficient (Wildman–Crippen LogP) is 3.24. The van der Waals surface area contributed by atoms with Gasteiger partial charge >= 0.3 is 5.97 Å². The van der Waals surface area contributed by atoms with Crippen LogP contribution in [-0.4, -0.2) is 41.6 Å². The second-order valence-corrected chi connectivity index (χ2v) is 7.96. The molecule has 0 radical (unpaired) electrons. The van der Waals surface area contributed by atoms with E-state index in [1.165, 1.54) is 5.56 Å². The number of carbonyl (C=O) groups excluding carboxylic acids is 2.